The Morgan fingerprint density at radius 1 is 1.11 bits per heavy atom. The SMILES string of the molecule is CCCCC(NCCC)c1ccccc1OCC. The Bertz CT molecular complexity index is 317. The van der Waals surface area contributed by atoms with Gasteiger partial charge in [-0.25, -0.2) is 0 Å². The Kier molecular flexibility index (Phi) is 7.51. The highest BCUT2D eigenvalue weighted by molar-refractivity contribution is 5.36. The van der Waals surface area contributed by atoms with Crippen LogP contribution in [0.15, 0.2) is 24.3 Å². The van der Waals surface area contributed by atoms with E-state index in [1.54, 1.807) is 0 Å². The van der Waals surface area contributed by atoms with E-state index in [0.29, 0.717) is 6.04 Å². The zero-order valence-corrected chi connectivity index (χ0v) is 12.0. The minimum absolute atomic E-state index is 0.424. The molecule has 0 saturated heterocycles. The first-order valence-corrected chi connectivity index (χ1v) is 7.28. The summed E-state index contributed by atoms with van der Waals surface area (Å²) in [6.45, 7) is 8.28. The van der Waals surface area contributed by atoms with Crippen LogP contribution in [0.25, 0.3) is 0 Å². The van der Waals surface area contributed by atoms with Crippen molar-refractivity contribution in [3.8, 4) is 5.75 Å². The quantitative estimate of drug-likeness (QED) is 0.704. The molecule has 2 heteroatoms. The van der Waals surface area contributed by atoms with Crippen LogP contribution in [0.2, 0.25) is 0 Å². The molecule has 0 aliphatic carbocycles. The second-order valence-electron chi connectivity index (χ2n) is 4.62. The van der Waals surface area contributed by atoms with Crippen molar-refractivity contribution in [3.05, 3.63) is 29.8 Å². The highest BCUT2D eigenvalue weighted by Gasteiger charge is 2.14. The molecule has 0 aliphatic heterocycles. The lowest BCUT2D eigenvalue weighted by atomic mass is 10.00. The molecule has 1 atom stereocenters. The van der Waals surface area contributed by atoms with E-state index < -0.39 is 0 Å². The van der Waals surface area contributed by atoms with Crippen LogP contribution in [-0.4, -0.2) is 13.2 Å². The van der Waals surface area contributed by atoms with E-state index in [9.17, 15) is 0 Å². The molecule has 2 nitrogen and oxygen atoms in total. The van der Waals surface area contributed by atoms with Gasteiger partial charge >= 0.3 is 0 Å². The van der Waals surface area contributed by atoms with Crippen LogP contribution < -0.4 is 10.1 Å². The lowest BCUT2D eigenvalue weighted by molar-refractivity contribution is 0.329. The Balaban J connectivity index is 2.81. The van der Waals surface area contributed by atoms with E-state index in [4.69, 9.17) is 4.74 Å². The highest BCUT2D eigenvalue weighted by atomic mass is 16.5. The summed E-state index contributed by atoms with van der Waals surface area (Å²) >= 11 is 0. The fourth-order valence-electron chi connectivity index (χ4n) is 2.15. The molecule has 18 heavy (non-hydrogen) atoms. The fourth-order valence-corrected chi connectivity index (χ4v) is 2.15. The standard InChI is InChI=1S/C16H27NO/c1-4-7-11-15(17-13-5-2)14-10-8-9-12-16(14)18-6-3/h8-10,12,15,17H,4-7,11,13H2,1-3H3. The van der Waals surface area contributed by atoms with E-state index in [1.807, 2.05) is 13.0 Å². The lowest BCUT2D eigenvalue weighted by Gasteiger charge is -2.21. The molecule has 1 aromatic rings. The molecule has 1 N–H and O–H groups in total. The van der Waals surface area contributed by atoms with Crippen LogP contribution in [0.1, 0.15) is 58.1 Å². The Morgan fingerprint density at radius 3 is 2.56 bits per heavy atom. The van der Waals surface area contributed by atoms with Gasteiger partial charge in [0.05, 0.1) is 6.61 Å². The summed E-state index contributed by atoms with van der Waals surface area (Å²) in [7, 11) is 0. The summed E-state index contributed by atoms with van der Waals surface area (Å²) in [5.74, 6) is 1.03. The molecule has 0 spiro atoms. The molecule has 1 aromatic carbocycles. The van der Waals surface area contributed by atoms with Crippen LogP contribution in [0, 0.1) is 0 Å². The second kappa shape index (κ2) is 8.98. The van der Waals surface area contributed by atoms with Gasteiger partial charge in [-0.1, -0.05) is 44.9 Å². The lowest BCUT2D eigenvalue weighted by Crippen LogP contribution is -2.22. The average Bonchev–Trinajstić information content (AvgIpc) is 2.40. The van der Waals surface area contributed by atoms with E-state index in [-0.39, 0.29) is 0 Å². The summed E-state index contributed by atoms with van der Waals surface area (Å²) in [5.41, 5.74) is 1.31. The molecule has 0 fully saturated rings. The predicted octanol–water partition coefficient (Wildman–Crippen LogP) is 4.32. The van der Waals surface area contributed by atoms with Crippen LogP contribution >= 0.6 is 0 Å². The van der Waals surface area contributed by atoms with Gasteiger partial charge in [0.2, 0.25) is 0 Å². The summed E-state index contributed by atoms with van der Waals surface area (Å²) in [5, 5.41) is 3.64. The normalized spacial score (nSPS) is 12.4. The van der Waals surface area contributed by atoms with Crippen LogP contribution in [-0.2, 0) is 0 Å². The van der Waals surface area contributed by atoms with Gasteiger partial charge in [0.1, 0.15) is 5.75 Å². The number of ether oxygens (including phenoxy) is 1. The maximum absolute atomic E-state index is 5.74. The number of hydrogen-bond acceptors (Lipinski definition) is 2. The summed E-state index contributed by atoms with van der Waals surface area (Å²) in [6, 6.07) is 8.84. The molecule has 102 valence electrons. The van der Waals surface area contributed by atoms with Gasteiger partial charge < -0.3 is 10.1 Å². The van der Waals surface area contributed by atoms with Crippen molar-refractivity contribution in [3.63, 3.8) is 0 Å². The second-order valence-corrected chi connectivity index (χ2v) is 4.62. The van der Waals surface area contributed by atoms with Gasteiger partial charge in [0.15, 0.2) is 0 Å². The number of unbranched alkanes of at least 4 members (excludes halogenated alkanes) is 1. The number of nitrogens with one attached hydrogen (secondary N) is 1. The summed E-state index contributed by atoms with van der Waals surface area (Å²) in [4.78, 5) is 0. The van der Waals surface area contributed by atoms with Gasteiger partial charge in [-0.15, -0.1) is 0 Å². The molecule has 0 amide bonds. The summed E-state index contributed by atoms with van der Waals surface area (Å²) in [6.07, 6.45) is 4.84. The molecule has 0 bridgehead atoms. The Hall–Kier alpha value is -1.02. The zero-order chi connectivity index (χ0) is 13.2. The Morgan fingerprint density at radius 2 is 1.89 bits per heavy atom. The van der Waals surface area contributed by atoms with Gasteiger partial charge in [-0.05, 0) is 32.4 Å². The third-order valence-electron chi connectivity index (χ3n) is 3.08. The number of para-hydroxylation sites is 1. The third-order valence-corrected chi connectivity index (χ3v) is 3.08. The molecular formula is C16H27NO. The smallest absolute Gasteiger partial charge is 0.124 e. The van der Waals surface area contributed by atoms with Crippen LogP contribution in [0.5, 0.6) is 5.75 Å². The molecule has 1 rings (SSSR count). The monoisotopic (exact) mass is 249 g/mol. The summed E-state index contributed by atoms with van der Waals surface area (Å²) < 4.78 is 5.74. The van der Waals surface area contributed by atoms with Gasteiger partial charge in [0.25, 0.3) is 0 Å². The molecule has 1 unspecified atom stereocenters. The molecule has 0 heterocycles. The first-order valence-electron chi connectivity index (χ1n) is 7.28. The molecule has 0 radical (unpaired) electrons. The van der Waals surface area contributed by atoms with Crippen molar-refractivity contribution in [2.45, 2.75) is 52.5 Å². The minimum atomic E-state index is 0.424. The van der Waals surface area contributed by atoms with Gasteiger partial charge in [-0.2, -0.15) is 0 Å². The highest BCUT2D eigenvalue weighted by Crippen LogP contribution is 2.28. The van der Waals surface area contributed by atoms with Gasteiger partial charge in [-0.3, -0.25) is 0 Å². The van der Waals surface area contributed by atoms with Crippen molar-refractivity contribution in [2.24, 2.45) is 0 Å². The van der Waals surface area contributed by atoms with Crippen molar-refractivity contribution >= 4 is 0 Å². The van der Waals surface area contributed by atoms with Crippen LogP contribution in [0.3, 0.4) is 0 Å². The molecular weight excluding hydrogens is 222 g/mol. The molecule has 0 saturated carbocycles. The molecule has 0 aromatic heterocycles. The maximum Gasteiger partial charge on any atom is 0.124 e. The first-order chi connectivity index (χ1) is 8.83. The number of hydrogen-bond donors (Lipinski definition) is 1. The largest absolute Gasteiger partial charge is 0.494 e. The number of benzene rings is 1. The molecule has 0 aliphatic rings. The van der Waals surface area contributed by atoms with E-state index >= 15 is 0 Å². The number of rotatable bonds is 9. The Labute approximate surface area is 112 Å². The van der Waals surface area contributed by atoms with E-state index in [2.05, 4.69) is 37.4 Å². The van der Waals surface area contributed by atoms with E-state index in [0.717, 1.165) is 18.9 Å². The maximum atomic E-state index is 5.74. The minimum Gasteiger partial charge on any atom is -0.494 e. The predicted molar refractivity (Wildman–Crippen MR) is 78.2 cm³/mol. The van der Waals surface area contributed by atoms with Gasteiger partial charge in [0, 0.05) is 11.6 Å². The van der Waals surface area contributed by atoms with Crippen LogP contribution in [0.4, 0.5) is 0 Å². The van der Waals surface area contributed by atoms with Crippen molar-refractivity contribution in [1.82, 2.24) is 5.32 Å². The van der Waals surface area contributed by atoms with E-state index in [1.165, 1.54) is 31.2 Å². The fraction of sp³-hybridized carbons (Fsp3) is 0.625. The van der Waals surface area contributed by atoms with Crippen molar-refractivity contribution < 1.29 is 4.74 Å². The zero-order valence-electron chi connectivity index (χ0n) is 12.0. The topological polar surface area (TPSA) is 21.3 Å². The third kappa shape index (κ3) is 4.69. The van der Waals surface area contributed by atoms with Crippen molar-refractivity contribution in [1.29, 1.82) is 0 Å². The average molecular weight is 249 g/mol. The van der Waals surface area contributed by atoms with Crippen molar-refractivity contribution in [2.75, 3.05) is 13.2 Å². The first kappa shape index (κ1) is 15.0.